The monoisotopic (exact) mass is 294 g/mol. The second kappa shape index (κ2) is 8.47. The van der Waals surface area contributed by atoms with E-state index in [1.54, 1.807) is 0 Å². The SMILES string of the molecule is C=C(/C=C(/C=O)OCc1ccccc1)OCc1ccccc1. The summed E-state index contributed by atoms with van der Waals surface area (Å²) in [6.45, 7) is 4.51. The molecule has 0 saturated carbocycles. The Labute approximate surface area is 130 Å². The molecule has 0 heterocycles. The smallest absolute Gasteiger partial charge is 0.184 e. The predicted molar refractivity (Wildman–Crippen MR) is 85.7 cm³/mol. The van der Waals surface area contributed by atoms with Crippen molar-refractivity contribution in [3.63, 3.8) is 0 Å². The highest BCUT2D eigenvalue weighted by molar-refractivity contribution is 5.71. The third-order valence-electron chi connectivity index (χ3n) is 2.93. The number of rotatable bonds is 8. The van der Waals surface area contributed by atoms with Crippen LogP contribution < -0.4 is 0 Å². The van der Waals surface area contributed by atoms with Gasteiger partial charge in [-0.2, -0.15) is 0 Å². The lowest BCUT2D eigenvalue weighted by atomic mass is 10.2. The third kappa shape index (κ3) is 5.29. The van der Waals surface area contributed by atoms with Gasteiger partial charge in [0, 0.05) is 6.08 Å². The van der Waals surface area contributed by atoms with Crippen LogP contribution in [0.5, 0.6) is 0 Å². The minimum Gasteiger partial charge on any atom is -0.489 e. The molecule has 0 N–H and O–H groups in total. The summed E-state index contributed by atoms with van der Waals surface area (Å²) < 4.78 is 11.0. The van der Waals surface area contributed by atoms with Crippen LogP contribution in [-0.2, 0) is 27.5 Å². The van der Waals surface area contributed by atoms with Crippen molar-refractivity contribution in [2.45, 2.75) is 13.2 Å². The maximum atomic E-state index is 11.0. The van der Waals surface area contributed by atoms with Gasteiger partial charge in [-0.1, -0.05) is 67.2 Å². The van der Waals surface area contributed by atoms with E-state index in [9.17, 15) is 4.79 Å². The number of aldehydes is 1. The van der Waals surface area contributed by atoms with Gasteiger partial charge in [-0.3, -0.25) is 4.79 Å². The normalized spacial score (nSPS) is 10.8. The van der Waals surface area contributed by atoms with Crippen LogP contribution in [0, 0.1) is 0 Å². The molecule has 0 fully saturated rings. The zero-order valence-electron chi connectivity index (χ0n) is 12.3. The molecule has 3 heteroatoms. The molecule has 0 spiro atoms. The second-order valence-electron chi connectivity index (χ2n) is 4.68. The molecule has 0 aromatic heterocycles. The van der Waals surface area contributed by atoms with E-state index in [4.69, 9.17) is 9.47 Å². The zero-order chi connectivity index (χ0) is 15.6. The lowest BCUT2D eigenvalue weighted by Crippen LogP contribution is -1.97. The van der Waals surface area contributed by atoms with Crippen molar-refractivity contribution < 1.29 is 14.3 Å². The lowest BCUT2D eigenvalue weighted by molar-refractivity contribution is -0.108. The number of ether oxygens (including phenoxy) is 2. The van der Waals surface area contributed by atoms with Gasteiger partial charge in [0.05, 0.1) is 0 Å². The van der Waals surface area contributed by atoms with Gasteiger partial charge in [-0.15, -0.1) is 0 Å². The lowest BCUT2D eigenvalue weighted by Gasteiger charge is -2.08. The summed E-state index contributed by atoms with van der Waals surface area (Å²) in [6.07, 6.45) is 2.15. The number of hydrogen-bond acceptors (Lipinski definition) is 3. The van der Waals surface area contributed by atoms with Gasteiger partial charge in [0.2, 0.25) is 0 Å². The van der Waals surface area contributed by atoms with Crippen molar-refractivity contribution in [3.8, 4) is 0 Å². The molecule has 112 valence electrons. The molecule has 0 unspecified atom stereocenters. The van der Waals surface area contributed by atoms with Gasteiger partial charge in [0.1, 0.15) is 19.0 Å². The average molecular weight is 294 g/mol. The molecule has 3 nitrogen and oxygen atoms in total. The van der Waals surface area contributed by atoms with Crippen molar-refractivity contribution in [2.75, 3.05) is 0 Å². The highest BCUT2D eigenvalue weighted by Gasteiger charge is 2.01. The average Bonchev–Trinajstić information content (AvgIpc) is 2.58. The summed E-state index contributed by atoms with van der Waals surface area (Å²) in [5, 5.41) is 0. The summed E-state index contributed by atoms with van der Waals surface area (Å²) in [7, 11) is 0. The number of benzene rings is 2. The van der Waals surface area contributed by atoms with Crippen LogP contribution in [0.3, 0.4) is 0 Å². The standard InChI is InChI=1S/C19H18O3/c1-16(21-14-17-8-4-2-5-9-17)12-19(13-20)22-15-18-10-6-3-7-11-18/h2-13H,1,14-15H2/b19-12-. The maximum Gasteiger partial charge on any atom is 0.184 e. The van der Waals surface area contributed by atoms with Crippen LogP contribution >= 0.6 is 0 Å². The van der Waals surface area contributed by atoms with Gasteiger partial charge in [0.25, 0.3) is 0 Å². The minimum absolute atomic E-state index is 0.196. The van der Waals surface area contributed by atoms with Crippen molar-refractivity contribution in [1.29, 1.82) is 0 Å². The summed E-state index contributed by atoms with van der Waals surface area (Å²) in [5.74, 6) is 0.584. The molecule has 2 aromatic carbocycles. The van der Waals surface area contributed by atoms with Crippen LogP contribution in [0.4, 0.5) is 0 Å². The molecule has 0 bridgehead atoms. The molecular weight excluding hydrogens is 276 g/mol. The summed E-state index contributed by atoms with van der Waals surface area (Å²) in [5.41, 5.74) is 2.03. The Morgan fingerprint density at radius 3 is 1.86 bits per heavy atom. The highest BCUT2D eigenvalue weighted by Crippen LogP contribution is 2.09. The van der Waals surface area contributed by atoms with E-state index in [2.05, 4.69) is 6.58 Å². The topological polar surface area (TPSA) is 35.5 Å². The molecule has 0 aliphatic rings. The predicted octanol–water partition coefficient (Wildman–Crippen LogP) is 4.02. The molecule has 0 saturated heterocycles. The molecule has 0 radical (unpaired) electrons. The van der Waals surface area contributed by atoms with Gasteiger partial charge in [0.15, 0.2) is 12.0 Å². The fourth-order valence-electron chi connectivity index (χ4n) is 1.80. The molecule has 22 heavy (non-hydrogen) atoms. The number of carbonyl (C=O) groups excluding carboxylic acids is 1. The molecule has 0 aliphatic carbocycles. The Bertz CT molecular complexity index is 630. The maximum absolute atomic E-state index is 11.0. The Morgan fingerprint density at radius 2 is 1.36 bits per heavy atom. The fraction of sp³-hybridized carbons (Fsp3) is 0.105. The van der Waals surface area contributed by atoms with Crippen LogP contribution in [0.1, 0.15) is 11.1 Å². The Kier molecular flexibility index (Phi) is 6.00. The summed E-state index contributed by atoms with van der Waals surface area (Å²) in [6, 6.07) is 19.4. The Hall–Kier alpha value is -2.81. The third-order valence-corrected chi connectivity index (χ3v) is 2.93. The van der Waals surface area contributed by atoms with E-state index in [1.165, 1.54) is 6.08 Å². The summed E-state index contributed by atoms with van der Waals surface area (Å²) >= 11 is 0. The quantitative estimate of drug-likeness (QED) is 0.319. The van der Waals surface area contributed by atoms with E-state index in [1.807, 2.05) is 60.7 Å². The molecule has 2 aromatic rings. The van der Waals surface area contributed by atoms with Crippen molar-refractivity contribution >= 4 is 6.29 Å². The van der Waals surface area contributed by atoms with Crippen LogP contribution in [-0.4, -0.2) is 6.29 Å². The van der Waals surface area contributed by atoms with Crippen LogP contribution in [0.2, 0.25) is 0 Å². The van der Waals surface area contributed by atoms with E-state index < -0.39 is 0 Å². The van der Waals surface area contributed by atoms with Gasteiger partial charge >= 0.3 is 0 Å². The second-order valence-corrected chi connectivity index (χ2v) is 4.68. The number of carbonyl (C=O) groups is 1. The highest BCUT2D eigenvalue weighted by atomic mass is 16.5. The van der Waals surface area contributed by atoms with E-state index in [0.29, 0.717) is 25.3 Å². The molecule has 0 atom stereocenters. The Balaban J connectivity index is 1.85. The first kappa shape index (κ1) is 15.6. The van der Waals surface area contributed by atoms with Crippen molar-refractivity contribution in [3.05, 3.63) is 96.0 Å². The molecular formula is C19H18O3. The largest absolute Gasteiger partial charge is 0.489 e. The van der Waals surface area contributed by atoms with Crippen LogP contribution in [0.15, 0.2) is 84.8 Å². The Morgan fingerprint density at radius 1 is 0.864 bits per heavy atom. The summed E-state index contributed by atoms with van der Waals surface area (Å²) in [4.78, 5) is 11.0. The first-order valence-corrected chi connectivity index (χ1v) is 6.97. The van der Waals surface area contributed by atoms with E-state index in [0.717, 1.165) is 11.1 Å². The minimum atomic E-state index is 0.196. The van der Waals surface area contributed by atoms with E-state index >= 15 is 0 Å². The van der Waals surface area contributed by atoms with E-state index in [-0.39, 0.29) is 5.76 Å². The molecule has 0 amide bonds. The van der Waals surface area contributed by atoms with Gasteiger partial charge in [-0.25, -0.2) is 0 Å². The van der Waals surface area contributed by atoms with Crippen LogP contribution in [0.25, 0.3) is 0 Å². The van der Waals surface area contributed by atoms with Crippen molar-refractivity contribution in [1.82, 2.24) is 0 Å². The first-order chi connectivity index (χ1) is 10.8. The molecule has 0 aliphatic heterocycles. The first-order valence-electron chi connectivity index (χ1n) is 6.97. The molecule has 2 rings (SSSR count). The van der Waals surface area contributed by atoms with Gasteiger partial charge in [-0.05, 0) is 11.1 Å². The number of hydrogen-bond donors (Lipinski definition) is 0. The van der Waals surface area contributed by atoms with Crippen molar-refractivity contribution in [2.24, 2.45) is 0 Å². The van der Waals surface area contributed by atoms with Gasteiger partial charge < -0.3 is 9.47 Å². The zero-order valence-corrected chi connectivity index (χ0v) is 12.3. The number of allylic oxidation sites excluding steroid dienone is 2. The fourth-order valence-corrected chi connectivity index (χ4v) is 1.80.